The average Bonchev–Trinajstić information content (AvgIpc) is 2.57. The van der Waals surface area contributed by atoms with Gasteiger partial charge in [0.2, 0.25) is 0 Å². The van der Waals surface area contributed by atoms with Crippen LogP contribution in [0.15, 0.2) is 70.3 Å². The second kappa shape index (κ2) is 3.80. The molecule has 0 bridgehead atoms. The Kier molecular flexibility index (Phi) is 2.01. The van der Waals surface area contributed by atoms with Crippen molar-refractivity contribution in [2.75, 3.05) is 0 Å². The predicted molar refractivity (Wildman–Crippen MR) is 91.4 cm³/mol. The lowest BCUT2D eigenvalue weighted by molar-refractivity contribution is 1.67. The second-order valence-electron chi connectivity index (χ2n) is 5.69. The first-order chi connectivity index (χ1) is 10.8. The summed E-state index contributed by atoms with van der Waals surface area (Å²) in [5, 5.41) is 6.50. The molecular weight excluding hydrogens is 272 g/mol. The van der Waals surface area contributed by atoms with Crippen molar-refractivity contribution in [3.8, 4) is 0 Å². The van der Waals surface area contributed by atoms with Crippen molar-refractivity contribution in [3.63, 3.8) is 0 Å². The molecule has 22 heavy (non-hydrogen) atoms. The summed E-state index contributed by atoms with van der Waals surface area (Å²) in [5.41, 5.74) is -0.116. The SMILES string of the molecule is O=c1c2ccccc2c(=O)c2cc3c4ccccc4c3cc12. The Bertz CT molecular complexity index is 1200. The highest BCUT2D eigenvalue weighted by Gasteiger charge is 2.15. The van der Waals surface area contributed by atoms with E-state index in [2.05, 4.69) is 0 Å². The van der Waals surface area contributed by atoms with Crippen LogP contribution >= 0.6 is 0 Å². The van der Waals surface area contributed by atoms with E-state index in [-0.39, 0.29) is 10.9 Å². The third-order valence-electron chi connectivity index (χ3n) is 4.57. The van der Waals surface area contributed by atoms with Crippen LogP contribution in [-0.2, 0) is 0 Å². The Labute approximate surface area is 124 Å². The van der Waals surface area contributed by atoms with Crippen molar-refractivity contribution in [1.82, 2.24) is 0 Å². The molecule has 2 nitrogen and oxygen atoms in total. The van der Waals surface area contributed by atoms with Crippen LogP contribution in [0.1, 0.15) is 0 Å². The van der Waals surface area contributed by atoms with Gasteiger partial charge in [0.15, 0.2) is 10.9 Å². The van der Waals surface area contributed by atoms with Gasteiger partial charge in [-0.05, 0) is 33.7 Å². The van der Waals surface area contributed by atoms with Gasteiger partial charge in [-0.3, -0.25) is 9.59 Å². The molecule has 0 radical (unpaired) electrons. The molecule has 5 rings (SSSR count). The fraction of sp³-hybridized carbons (Fsp3) is 0. The molecule has 0 heterocycles. The molecule has 0 saturated heterocycles. The Morgan fingerprint density at radius 1 is 0.409 bits per heavy atom. The van der Waals surface area contributed by atoms with Gasteiger partial charge in [0.1, 0.15) is 0 Å². The summed E-state index contributed by atoms with van der Waals surface area (Å²) in [5.74, 6) is 0. The minimum absolute atomic E-state index is 0.0580. The first kappa shape index (κ1) is 11.6. The van der Waals surface area contributed by atoms with Gasteiger partial charge in [-0.2, -0.15) is 0 Å². The van der Waals surface area contributed by atoms with Crippen LogP contribution < -0.4 is 10.9 Å². The first-order valence-electron chi connectivity index (χ1n) is 7.22. The number of fused-ring (bicyclic) bond motifs is 6. The minimum atomic E-state index is -0.0580. The van der Waals surface area contributed by atoms with Gasteiger partial charge in [0.25, 0.3) is 0 Å². The van der Waals surface area contributed by atoms with Crippen molar-refractivity contribution < 1.29 is 0 Å². The lowest BCUT2D eigenvalue weighted by Crippen LogP contribution is -2.13. The quantitative estimate of drug-likeness (QED) is 0.404. The standard InChI is InChI=1S/C20H10O2/c21-19-13-7-3-4-8-14(13)20(22)18-10-16-12-6-2-1-5-11(12)15(16)9-17(18)19/h1-10H. The maximum Gasteiger partial charge on any atom is 0.194 e. The van der Waals surface area contributed by atoms with Crippen LogP contribution in [0.25, 0.3) is 43.1 Å². The van der Waals surface area contributed by atoms with Crippen LogP contribution in [0.3, 0.4) is 0 Å². The lowest BCUT2D eigenvalue weighted by Gasteiger charge is -2.12. The van der Waals surface area contributed by atoms with E-state index in [1.807, 2.05) is 36.4 Å². The zero-order valence-corrected chi connectivity index (χ0v) is 11.6. The van der Waals surface area contributed by atoms with E-state index in [9.17, 15) is 9.59 Å². The Hall–Kier alpha value is -3.00. The van der Waals surface area contributed by atoms with Crippen molar-refractivity contribution in [2.45, 2.75) is 0 Å². The molecule has 0 aliphatic rings. The summed E-state index contributed by atoms with van der Waals surface area (Å²) < 4.78 is 0. The van der Waals surface area contributed by atoms with Gasteiger partial charge in [-0.15, -0.1) is 0 Å². The zero-order valence-electron chi connectivity index (χ0n) is 11.6. The number of benzene rings is 4. The van der Waals surface area contributed by atoms with Gasteiger partial charge in [-0.1, -0.05) is 48.5 Å². The summed E-state index contributed by atoms with van der Waals surface area (Å²) in [6.45, 7) is 0. The molecule has 0 N–H and O–H groups in total. The minimum Gasteiger partial charge on any atom is -0.289 e. The molecular formula is C20H10O2. The van der Waals surface area contributed by atoms with E-state index < -0.39 is 0 Å². The van der Waals surface area contributed by atoms with Gasteiger partial charge in [0.05, 0.1) is 0 Å². The zero-order chi connectivity index (χ0) is 14.8. The maximum atomic E-state index is 12.7. The fourth-order valence-corrected chi connectivity index (χ4v) is 3.48. The van der Waals surface area contributed by atoms with Crippen molar-refractivity contribution >= 4 is 43.1 Å². The number of rotatable bonds is 0. The highest BCUT2D eigenvalue weighted by Crippen LogP contribution is 2.36. The van der Waals surface area contributed by atoms with Crippen molar-refractivity contribution in [2.24, 2.45) is 0 Å². The van der Waals surface area contributed by atoms with Crippen LogP contribution in [0, 0.1) is 0 Å². The second-order valence-corrected chi connectivity index (χ2v) is 5.69. The van der Waals surface area contributed by atoms with Crippen molar-refractivity contribution in [1.29, 1.82) is 0 Å². The van der Waals surface area contributed by atoms with Crippen LogP contribution in [0.2, 0.25) is 0 Å². The summed E-state index contributed by atoms with van der Waals surface area (Å²) in [6, 6.07) is 18.9. The van der Waals surface area contributed by atoms with Gasteiger partial charge >= 0.3 is 0 Å². The monoisotopic (exact) mass is 282 g/mol. The van der Waals surface area contributed by atoms with Crippen molar-refractivity contribution in [3.05, 3.63) is 81.1 Å². The summed E-state index contributed by atoms with van der Waals surface area (Å²) in [7, 11) is 0. The molecule has 0 aromatic heterocycles. The number of hydrogen-bond donors (Lipinski definition) is 0. The van der Waals surface area contributed by atoms with E-state index in [1.54, 1.807) is 24.3 Å². The van der Waals surface area contributed by atoms with E-state index in [1.165, 1.54) is 0 Å². The highest BCUT2D eigenvalue weighted by atomic mass is 16.1. The summed E-state index contributed by atoms with van der Waals surface area (Å²) in [6.07, 6.45) is 0. The van der Waals surface area contributed by atoms with E-state index in [4.69, 9.17) is 0 Å². The number of hydrogen-bond acceptors (Lipinski definition) is 2. The van der Waals surface area contributed by atoms with Gasteiger partial charge in [0, 0.05) is 21.5 Å². The van der Waals surface area contributed by atoms with Gasteiger partial charge < -0.3 is 0 Å². The third kappa shape index (κ3) is 1.25. The lowest BCUT2D eigenvalue weighted by atomic mass is 9.90. The normalized spacial score (nSPS) is 12.0. The first-order valence-corrected chi connectivity index (χ1v) is 7.22. The predicted octanol–water partition coefficient (Wildman–Crippen LogP) is 3.90. The smallest absolute Gasteiger partial charge is 0.194 e. The Balaban J connectivity index is 2.11. The summed E-state index contributed by atoms with van der Waals surface area (Å²) in [4.78, 5) is 25.4. The average molecular weight is 282 g/mol. The van der Waals surface area contributed by atoms with Gasteiger partial charge in [-0.25, -0.2) is 0 Å². The molecule has 0 aliphatic carbocycles. The Morgan fingerprint density at radius 2 is 0.773 bits per heavy atom. The molecule has 0 unspecified atom stereocenters. The molecule has 2 heteroatoms. The van der Waals surface area contributed by atoms with Crippen LogP contribution in [-0.4, -0.2) is 0 Å². The molecule has 0 aliphatic heterocycles. The largest absolute Gasteiger partial charge is 0.289 e. The fourth-order valence-electron chi connectivity index (χ4n) is 3.48. The Morgan fingerprint density at radius 3 is 1.18 bits per heavy atom. The molecule has 0 spiro atoms. The molecule has 0 atom stereocenters. The highest BCUT2D eigenvalue weighted by molar-refractivity contribution is 6.27. The van der Waals surface area contributed by atoms with E-state index in [0.29, 0.717) is 21.5 Å². The molecule has 5 aromatic rings. The van der Waals surface area contributed by atoms with Crippen LogP contribution in [0.4, 0.5) is 0 Å². The van der Waals surface area contributed by atoms with Crippen LogP contribution in [0.5, 0.6) is 0 Å². The molecule has 0 fully saturated rings. The summed E-state index contributed by atoms with van der Waals surface area (Å²) >= 11 is 0. The molecule has 102 valence electrons. The third-order valence-corrected chi connectivity index (χ3v) is 4.57. The van der Waals surface area contributed by atoms with E-state index in [0.717, 1.165) is 21.5 Å². The molecule has 0 amide bonds. The maximum absolute atomic E-state index is 12.7. The van der Waals surface area contributed by atoms with E-state index >= 15 is 0 Å². The molecule has 5 aromatic carbocycles. The topological polar surface area (TPSA) is 34.1 Å². The molecule has 0 saturated carbocycles.